The number of aliphatic hydroxyl groups excluding tert-OH is 1. The van der Waals surface area contributed by atoms with Crippen molar-refractivity contribution in [2.45, 2.75) is 44.2 Å². The third-order valence-electron chi connectivity index (χ3n) is 7.91. The fourth-order valence-electron chi connectivity index (χ4n) is 5.73. The molecule has 4 aromatic rings. The molecule has 0 saturated carbocycles. The molecule has 5 rings (SSSR count). The van der Waals surface area contributed by atoms with Gasteiger partial charge in [0.15, 0.2) is 7.98 Å². The van der Waals surface area contributed by atoms with Crippen LogP contribution in [0.4, 0.5) is 0 Å². The first-order valence-electron chi connectivity index (χ1n) is 14.3. The topological polar surface area (TPSA) is 70.8 Å². The van der Waals surface area contributed by atoms with Gasteiger partial charge in [-0.2, -0.15) is 5.26 Å². The fraction of sp³-hybridized carbons (Fsp3) is 0.257. The van der Waals surface area contributed by atoms with E-state index in [1.165, 1.54) is 4.81 Å². The van der Waals surface area contributed by atoms with Crippen LogP contribution in [-0.2, 0) is 30.8 Å². The van der Waals surface area contributed by atoms with E-state index in [1.807, 2.05) is 84.9 Å². The predicted molar refractivity (Wildman–Crippen MR) is 165 cm³/mol. The van der Waals surface area contributed by atoms with Crippen molar-refractivity contribution in [3.8, 4) is 6.07 Å². The molecular weight excluding hydrogens is 519 g/mol. The molecule has 0 unspecified atom stereocenters. The standard InChI is InChI=1S/C35H35BN4O2/c36-40-20-19-38(24-27-11-4-1-5-12-27)35(42)33(40)34(41)32(22-30-17-10-18-31(21-30)23-37)39(25-28-13-6-2-7-14-28)26-29-15-8-3-9-16-29/h1-18,21,32-34,41H,19-20,22,24-26H2/t32-,33-,34-/m0/s1. The van der Waals surface area contributed by atoms with E-state index in [4.69, 9.17) is 7.98 Å². The number of hydrogen-bond donors (Lipinski definition) is 1. The number of aliphatic hydroxyl groups is 1. The van der Waals surface area contributed by atoms with Crippen LogP contribution >= 0.6 is 0 Å². The molecule has 1 aliphatic heterocycles. The number of nitrogens with zero attached hydrogens (tertiary/aromatic N) is 4. The van der Waals surface area contributed by atoms with E-state index in [1.54, 1.807) is 11.0 Å². The zero-order chi connectivity index (χ0) is 29.3. The quantitative estimate of drug-likeness (QED) is 0.280. The first-order chi connectivity index (χ1) is 20.5. The van der Waals surface area contributed by atoms with Crippen LogP contribution in [0.25, 0.3) is 0 Å². The molecule has 0 spiro atoms. The Labute approximate surface area is 249 Å². The van der Waals surface area contributed by atoms with Crippen LogP contribution in [0.1, 0.15) is 27.8 Å². The zero-order valence-corrected chi connectivity index (χ0v) is 23.7. The Hall–Kier alpha value is -4.22. The van der Waals surface area contributed by atoms with Gasteiger partial charge in [0, 0.05) is 38.8 Å². The number of amides is 1. The summed E-state index contributed by atoms with van der Waals surface area (Å²) in [4.78, 5) is 19.5. The molecular formula is C35H35BN4O2. The van der Waals surface area contributed by atoms with Gasteiger partial charge in [-0.15, -0.1) is 0 Å². The molecule has 2 radical (unpaired) electrons. The van der Waals surface area contributed by atoms with Crippen LogP contribution < -0.4 is 0 Å². The lowest BCUT2D eigenvalue weighted by Gasteiger charge is -2.45. The minimum atomic E-state index is -1.10. The summed E-state index contributed by atoms with van der Waals surface area (Å²) in [6.45, 7) is 2.53. The number of carbonyl (C=O) groups is 1. The zero-order valence-electron chi connectivity index (χ0n) is 23.7. The highest BCUT2D eigenvalue weighted by atomic mass is 16.3. The van der Waals surface area contributed by atoms with E-state index in [9.17, 15) is 15.2 Å². The van der Waals surface area contributed by atoms with Crippen molar-refractivity contribution >= 4 is 13.9 Å². The van der Waals surface area contributed by atoms with Crippen molar-refractivity contribution in [3.63, 3.8) is 0 Å². The second-order valence-electron chi connectivity index (χ2n) is 10.9. The third-order valence-corrected chi connectivity index (χ3v) is 7.91. The Balaban J connectivity index is 1.50. The van der Waals surface area contributed by atoms with Gasteiger partial charge >= 0.3 is 0 Å². The van der Waals surface area contributed by atoms with Crippen molar-refractivity contribution in [3.05, 3.63) is 143 Å². The second-order valence-corrected chi connectivity index (χ2v) is 10.9. The maximum atomic E-state index is 14.0. The lowest BCUT2D eigenvalue weighted by atomic mass is 9.89. The molecule has 1 N–H and O–H groups in total. The van der Waals surface area contributed by atoms with E-state index >= 15 is 0 Å². The molecule has 0 bridgehead atoms. The maximum absolute atomic E-state index is 14.0. The molecule has 1 saturated heterocycles. The van der Waals surface area contributed by atoms with Gasteiger partial charge in [0.25, 0.3) is 0 Å². The van der Waals surface area contributed by atoms with Gasteiger partial charge in [-0.05, 0) is 40.8 Å². The molecule has 0 aromatic heterocycles. The SMILES string of the molecule is [B]N1CCN(Cc2ccccc2)C(=O)[C@@H]1[C@@H](O)[C@H](Cc1cccc(C#N)c1)N(Cc1ccccc1)Cc1ccccc1. The highest BCUT2D eigenvalue weighted by molar-refractivity contribution is 6.07. The number of piperazine rings is 1. The summed E-state index contributed by atoms with van der Waals surface area (Å²) in [7, 11) is 6.47. The summed E-state index contributed by atoms with van der Waals surface area (Å²) in [5.74, 6) is -0.185. The molecule has 0 aliphatic carbocycles. The Morgan fingerprint density at radius 1 is 0.810 bits per heavy atom. The van der Waals surface area contributed by atoms with Crippen LogP contribution in [-0.4, -0.2) is 64.9 Å². The van der Waals surface area contributed by atoms with Crippen LogP contribution in [0.5, 0.6) is 0 Å². The summed E-state index contributed by atoms with van der Waals surface area (Å²) < 4.78 is 0. The van der Waals surface area contributed by atoms with E-state index in [2.05, 4.69) is 35.2 Å². The summed E-state index contributed by atoms with van der Waals surface area (Å²) >= 11 is 0. The number of hydrogen-bond acceptors (Lipinski definition) is 5. The lowest BCUT2D eigenvalue weighted by Crippen LogP contribution is -2.64. The van der Waals surface area contributed by atoms with Crippen molar-refractivity contribution in [1.29, 1.82) is 5.26 Å². The Bertz CT molecular complexity index is 1440. The van der Waals surface area contributed by atoms with Crippen molar-refractivity contribution in [1.82, 2.24) is 14.6 Å². The maximum Gasteiger partial charge on any atom is 0.241 e. The first-order valence-corrected chi connectivity index (χ1v) is 14.3. The van der Waals surface area contributed by atoms with Gasteiger partial charge in [0.05, 0.1) is 17.7 Å². The van der Waals surface area contributed by atoms with Crippen LogP contribution in [0.2, 0.25) is 0 Å². The van der Waals surface area contributed by atoms with E-state index in [0.717, 1.165) is 22.3 Å². The normalized spacial score (nSPS) is 17.1. The van der Waals surface area contributed by atoms with Gasteiger partial charge in [-0.3, -0.25) is 9.69 Å². The highest BCUT2D eigenvalue weighted by Crippen LogP contribution is 2.25. The minimum Gasteiger partial charge on any atom is -0.389 e. The molecule has 7 heteroatoms. The van der Waals surface area contributed by atoms with Crippen molar-refractivity contribution in [2.75, 3.05) is 13.1 Å². The number of carbonyl (C=O) groups excluding carboxylic acids is 1. The number of rotatable bonds is 11. The smallest absolute Gasteiger partial charge is 0.241 e. The molecule has 4 aromatic carbocycles. The molecule has 1 heterocycles. The van der Waals surface area contributed by atoms with Crippen molar-refractivity contribution < 1.29 is 9.90 Å². The monoisotopic (exact) mass is 554 g/mol. The molecule has 1 aliphatic rings. The summed E-state index contributed by atoms with van der Waals surface area (Å²) in [5.41, 5.74) is 4.70. The second kappa shape index (κ2) is 14.1. The summed E-state index contributed by atoms with van der Waals surface area (Å²) in [5, 5.41) is 21.7. The molecule has 6 nitrogen and oxygen atoms in total. The van der Waals surface area contributed by atoms with Crippen LogP contribution in [0.3, 0.4) is 0 Å². The van der Waals surface area contributed by atoms with Gasteiger partial charge in [-0.25, -0.2) is 0 Å². The summed E-state index contributed by atoms with van der Waals surface area (Å²) in [6.07, 6.45) is -0.661. The average Bonchev–Trinajstić information content (AvgIpc) is 3.02. The van der Waals surface area contributed by atoms with Gasteiger partial charge in [-0.1, -0.05) is 103 Å². The Morgan fingerprint density at radius 2 is 1.36 bits per heavy atom. The molecule has 210 valence electrons. The predicted octanol–water partition coefficient (Wildman–Crippen LogP) is 4.33. The first kappa shape index (κ1) is 29.3. The molecule has 3 atom stereocenters. The number of benzene rings is 4. The Morgan fingerprint density at radius 3 is 1.93 bits per heavy atom. The van der Waals surface area contributed by atoms with E-state index in [0.29, 0.717) is 44.7 Å². The van der Waals surface area contributed by atoms with Gasteiger partial charge in [0.1, 0.15) is 6.04 Å². The lowest BCUT2D eigenvalue weighted by molar-refractivity contribution is -0.146. The van der Waals surface area contributed by atoms with E-state index < -0.39 is 18.2 Å². The molecule has 42 heavy (non-hydrogen) atoms. The van der Waals surface area contributed by atoms with Gasteiger partial charge in [0.2, 0.25) is 5.91 Å². The molecule has 1 fully saturated rings. The largest absolute Gasteiger partial charge is 0.389 e. The van der Waals surface area contributed by atoms with Crippen LogP contribution in [0, 0.1) is 11.3 Å². The average molecular weight is 555 g/mol. The third kappa shape index (κ3) is 7.34. The minimum absolute atomic E-state index is 0.185. The molecule has 1 amide bonds. The number of nitriles is 1. The Kier molecular flexibility index (Phi) is 9.84. The van der Waals surface area contributed by atoms with Gasteiger partial charge < -0.3 is 14.8 Å². The van der Waals surface area contributed by atoms with Crippen LogP contribution in [0.15, 0.2) is 115 Å². The highest BCUT2D eigenvalue weighted by Gasteiger charge is 2.42. The fourth-order valence-corrected chi connectivity index (χ4v) is 5.73. The summed E-state index contributed by atoms with van der Waals surface area (Å²) in [6, 6.07) is 38.4. The van der Waals surface area contributed by atoms with E-state index in [-0.39, 0.29) is 5.91 Å². The van der Waals surface area contributed by atoms with Crippen molar-refractivity contribution in [2.24, 2.45) is 0 Å².